The summed E-state index contributed by atoms with van der Waals surface area (Å²) < 4.78 is 0. The lowest BCUT2D eigenvalue weighted by Crippen LogP contribution is -2.52. The van der Waals surface area contributed by atoms with Gasteiger partial charge in [0.15, 0.2) is 0 Å². The summed E-state index contributed by atoms with van der Waals surface area (Å²) in [6.07, 6.45) is 0.500. The molecule has 1 atom stereocenters. The van der Waals surface area contributed by atoms with Gasteiger partial charge in [-0.15, -0.1) is 0 Å². The minimum Gasteiger partial charge on any atom is -0.352 e. The number of rotatable bonds is 9. The zero-order valence-electron chi connectivity index (χ0n) is 19.1. The molecule has 4 nitrogen and oxygen atoms in total. The van der Waals surface area contributed by atoms with E-state index in [0.717, 1.165) is 11.1 Å². The molecule has 7 heteroatoms. The maximum absolute atomic E-state index is 13.6. The van der Waals surface area contributed by atoms with Crippen molar-refractivity contribution in [3.63, 3.8) is 0 Å². The summed E-state index contributed by atoms with van der Waals surface area (Å²) >= 11 is 18.5. The Balaban J connectivity index is 1.99. The average Bonchev–Trinajstić information content (AvgIpc) is 2.79. The largest absolute Gasteiger partial charge is 0.352 e. The lowest BCUT2D eigenvalue weighted by atomic mass is 10.0. The molecule has 3 aromatic rings. The second-order valence-electron chi connectivity index (χ2n) is 8.43. The summed E-state index contributed by atoms with van der Waals surface area (Å²) in [4.78, 5) is 28.6. The first kappa shape index (κ1) is 26.1. The molecule has 1 N–H and O–H groups in total. The highest BCUT2D eigenvalue weighted by atomic mass is 35.5. The van der Waals surface area contributed by atoms with Gasteiger partial charge in [0, 0.05) is 34.1 Å². The highest BCUT2D eigenvalue weighted by Gasteiger charge is 2.31. The van der Waals surface area contributed by atoms with Crippen LogP contribution in [0.2, 0.25) is 15.1 Å². The Hall–Kier alpha value is -2.53. The number of benzene rings is 3. The topological polar surface area (TPSA) is 49.4 Å². The number of carbonyl (C=O) groups excluding carboxylic acids is 2. The third-order valence-corrected chi connectivity index (χ3v) is 6.17. The number of nitrogens with zero attached hydrogens (tertiary/aromatic N) is 1. The van der Waals surface area contributed by atoms with Crippen LogP contribution in [0.1, 0.15) is 30.5 Å². The van der Waals surface area contributed by atoms with Crippen molar-refractivity contribution in [1.82, 2.24) is 10.2 Å². The molecule has 0 saturated carbocycles. The number of carbonyl (C=O) groups is 2. The van der Waals surface area contributed by atoms with Crippen molar-refractivity contribution in [1.29, 1.82) is 0 Å². The molecule has 0 radical (unpaired) electrons. The van der Waals surface area contributed by atoms with Crippen molar-refractivity contribution in [3.8, 4) is 0 Å². The van der Waals surface area contributed by atoms with Crippen molar-refractivity contribution >= 4 is 46.6 Å². The van der Waals surface area contributed by atoms with Crippen molar-refractivity contribution < 1.29 is 9.59 Å². The van der Waals surface area contributed by atoms with Gasteiger partial charge < -0.3 is 10.2 Å². The van der Waals surface area contributed by atoms with Crippen LogP contribution < -0.4 is 5.32 Å². The Morgan fingerprint density at radius 3 is 2.12 bits per heavy atom. The van der Waals surface area contributed by atoms with Crippen LogP contribution in [0.25, 0.3) is 0 Å². The molecular formula is C27H27Cl3N2O2. The molecule has 0 aliphatic rings. The van der Waals surface area contributed by atoms with Gasteiger partial charge in [-0.1, -0.05) is 83.3 Å². The lowest BCUT2D eigenvalue weighted by Gasteiger charge is -2.32. The Labute approximate surface area is 215 Å². The van der Waals surface area contributed by atoms with Gasteiger partial charge in [-0.25, -0.2) is 0 Å². The Bertz CT molecular complexity index is 1120. The maximum Gasteiger partial charge on any atom is 0.243 e. The molecule has 0 aliphatic carbocycles. The molecular weight excluding hydrogens is 491 g/mol. The molecule has 178 valence electrons. The molecule has 0 heterocycles. The van der Waals surface area contributed by atoms with Gasteiger partial charge in [-0.2, -0.15) is 0 Å². The summed E-state index contributed by atoms with van der Waals surface area (Å²) in [5, 5.41) is 4.52. The SMILES string of the molecule is CC(C)NC(=O)[C@@H](Cc1ccccc1)N(Cc1ccc(Cl)cc1Cl)C(=O)Cc1ccc(Cl)cc1. The zero-order valence-corrected chi connectivity index (χ0v) is 21.4. The number of nitrogens with one attached hydrogen (secondary N) is 1. The summed E-state index contributed by atoms with van der Waals surface area (Å²) in [5.41, 5.74) is 2.48. The van der Waals surface area contributed by atoms with Crippen molar-refractivity contribution in [3.05, 3.63) is 105 Å². The summed E-state index contributed by atoms with van der Waals surface area (Å²) in [6, 6.07) is 21.1. The first-order chi connectivity index (χ1) is 16.2. The minimum atomic E-state index is -0.726. The molecule has 3 aromatic carbocycles. The fourth-order valence-electron chi connectivity index (χ4n) is 3.65. The van der Waals surface area contributed by atoms with E-state index >= 15 is 0 Å². The van der Waals surface area contributed by atoms with E-state index in [4.69, 9.17) is 34.8 Å². The van der Waals surface area contributed by atoms with Crippen molar-refractivity contribution in [2.24, 2.45) is 0 Å². The standard InChI is InChI=1S/C27H27Cl3N2O2/c1-18(2)31-27(34)25(14-19-6-4-3-5-7-19)32(17-21-10-13-23(29)16-24(21)30)26(33)15-20-8-11-22(28)12-9-20/h3-13,16,18,25H,14-15,17H2,1-2H3,(H,31,34)/t25-/m1/s1. The lowest BCUT2D eigenvalue weighted by molar-refractivity contribution is -0.141. The molecule has 0 bridgehead atoms. The Kier molecular flexibility index (Phi) is 9.40. The van der Waals surface area contributed by atoms with Crippen LogP contribution in [0.4, 0.5) is 0 Å². The number of halogens is 3. The number of amides is 2. The van der Waals surface area contributed by atoms with E-state index in [2.05, 4.69) is 5.32 Å². The average molecular weight is 518 g/mol. The predicted octanol–water partition coefficient (Wildman–Crippen LogP) is 6.35. The van der Waals surface area contributed by atoms with E-state index < -0.39 is 6.04 Å². The predicted molar refractivity (Wildman–Crippen MR) is 139 cm³/mol. The van der Waals surface area contributed by atoms with Gasteiger partial charge >= 0.3 is 0 Å². The van der Waals surface area contributed by atoms with E-state index in [0.29, 0.717) is 27.1 Å². The number of hydrogen-bond acceptors (Lipinski definition) is 2. The molecule has 0 aromatic heterocycles. The zero-order chi connectivity index (χ0) is 24.7. The third kappa shape index (κ3) is 7.49. The molecule has 0 saturated heterocycles. The van der Waals surface area contributed by atoms with E-state index in [-0.39, 0.29) is 30.8 Å². The summed E-state index contributed by atoms with van der Waals surface area (Å²) in [6.45, 7) is 3.96. The smallest absolute Gasteiger partial charge is 0.243 e. The fraction of sp³-hybridized carbons (Fsp3) is 0.259. The quantitative estimate of drug-likeness (QED) is 0.359. The van der Waals surface area contributed by atoms with Crippen LogP contribution in [-0.4, -0.2) is 28.8 Å². The van der Waals surface area contributed by atoms with Crippen LogP contribution in [0.3, 0.4) is 0 Å². The molecule has 2 amide bonds. The molecule has 0 fully saturated rings. The van der Waals surface area contributed by atoms with Gasteiger partial charge in [0.2, 0.25) is 11.8 Å². The van der Waals surface area contributed by atoms with Crippen LogP contribution in [-0.2, 0) is 29.0 Å². The Morgan fingerprint density at radius 2 is 1.50 bits per heavy atom. The van der Waals surface area contributed by atoms with Gasteiger partial charge in [0.25, 0.3) is 0 Å². The van der Waals surface area contributed by atoms with Gasteiger partial charge in [-0.05, 0) is 54.8 Å². The molecule has 0 aliphatic heterocycles. The fourth-order valence-corrected chi connectivity index (χ4v) is 4.24. The second-order valence-corrected chi connectivity index (χ2v) is 9.71. The van der Waals surface area contributed by atoms with Crippen LogP contribution >= 0.6 is 34.8 Å². The third-order valence-electron chi connectivity index (χ3n) is 5.33. The van der Waals surface area contributed by atoms with E-state index in [1.165, 1.54) is 0 Å². The van der Waals surface area contributed by atoms with Crippen LogP contribution in [0.5, 0.6) is 0 Å². The number of hydrogen-bond donors (Lipinski definition) is 1. The molecule has 3 rings (SSSR count). The monoisotopic (exact) mass is 516 g/mol. The van der Waals surface area contributed by atoms with Crippen molar-refractivity contribution in [2.45, 2.75) is 45.3 Å². The van der Waals surface area contributed by atoms with Gasteiger partial charge in [0.1, 0.15) is 6.04 Å². The van der Waals surface area contributed by atoms with Crippen molar-refractivity contribution in [2.75, 3.05) is 0 Å². The normalized spacial score (nSPS) is 11.8. The second kappa shape index (κ2) is 12.3. The van der Waals surface area contributed by atoms with E-state index in [1.54, 1.807) is 35.2 Å². The molecule has 0 unspecified atom stereocenters. The minimum absolute atomic E-state index is 0.0712. The highest BCUT2D eigenvalue weighted by molar-refractivity contribution is 6.35. The Morgan fingerprint density at radius 1 is 0.853 bits per heavy atom. The maximum atomic E-state index is 13.6. The first-order valence-corrected chi connectivity index (χ1v) is 12.2. The molecule has 0 spiro atoms. The summed E-state index contributed by atoms with van der Waals surface area (Å²) in [5.74, 6) is -0.401. The van der Waals surface area contributed by atoms with Gasteiger partial charge in [-0.3, -0.25) is 9.59 Å². The van der Waals surface area contributed by atoms with E-state index in [1.807, 2.05) is 56.3 Å². The van der Waals surface area contributed by atoms with Crippen LogP contribution in [0.15, 0.2) is 72.8 Å². The van der Waals surface area contributed by atoms with Crippen LogP contribution in [0, 0.1) is 0 Å². The highest BCUT2D eigenvalue weighted by Crippen LogP contribution is 2.25. The van der Waals surface area contributed by atoms with Gasteiger partial charge in [0.05, 0.1) is 6.42 Å². The van der Waals surface area contributed by atoms with E-state index in [9.17, 15) is 9.59 Å². The molecule has 34 heavy (non-hydrogen) atoms. The summed E-state index contributed by atoms with van der Waals surface area (Å²) in [7, 11) is 0. The first-order valence-electron chi connectivity index (χ1n) is 11.0.